The lowest BCUT2D eigenvalue weighted by molar-refractivity contribution is -0.870. The standard InChI is InChI=1S/C23H46NO7P/c1-6-7-8-9-10-11-12-13-14-15-16-17-23(25)31-22(20-28-5)21-30-32(26,27)29-19-18-24(2,3)4/h9-10,22H,6-8,11-21H2,1-5H3/p+1/b10-9+/t22-/m0/s1. The number of phosphoric ester groups is 1. The molecule has 0 rings (SSSR count). The minimum atomic E-state index is -4.21. The van der Waals surface area contributed by atoms with Crippen LogP contribution in [0.15, 0.2) is 12.2 Å². The van der Waals surface area contributed by atoms with Crippen LogP contribution >= 0.6 is 7.82 Å². The highest BCUT2D eigenvalue weighted by molar-refractivity contribution is 7.47. The molecule has 0 aromatic heterocycles. The van der Waals surface area contributed by atoms with Gasteiger partial charge in [-0.2, -0.15) is 0 Å². The maximum absolute atomic E-state index is 12.1. The summed E-state index contributed by atoms with van der Waals surface area (Å²) < 4.78 is 32.9. The first-order valence-corrected chi connectivity index (χ1v) is 13.3. The number of rotatable bonds is 21. The quantitative estimate of drug-likeness (QED) is 0.0824. The Hall–Kier alpha value is -0.760. The van der Waals surface area contributed by atoms with Gasteiger partial charge in [-0.15, -0.1) is 0 Å². The minimum absolute atomic E-state index is 0.0798. The van der Waals surface area contributed by atoms with Crippen molar-refractivity contribution in [2.45, 2.75) is 77.2 Å². The number of carbonyl (C=O) groups excluding carboxylic acids is 1. The number of hydrogen-bond donors (Lipinski definition) is 1. The number of quaternary nitrogens is 1. The van der Waals surface area contributed by atoms with Crippen LogP contribution in [0.3, 0.4) is 0 Å². The summed E-state index contributed by atoms with van der Waals surface area (Å²) in [5.41, 5.74) is 0. The number of carbonyl (C=O) groups is 1. The summed E-state index contributed by atoms with van der Waals surface area (Å²) in [5, 5.41) is 0. The van der Waals surface area contributed by atoms with Gasteiger partial charge in [0.25, 0.3) is 0 Å². The van der Waals surface area contributed by atoms with Gasteiger partial charge in [-0.25, -0.2) is 4.57 Å². The zero-order valence-electron chi connectivity index (χ0n) is 20.9. The lowest BCUT2D eigenvalue weighted by Gasteiger charge is -2.24. The van der Waals surface area contributed by atoms with E-state index in [1.165, 1.54) is 32.8 Å². The van der Waals surface area contributed by atoms with Crippen molar-refractivity contribution in [2.75, 3.05) is 54.6 Å². The molecule has 0 saturated heterocycles. The van der Waals surface area contributed by atoms with E-state index in [1.54, 1.807) is 0 Å². The number of nitrogens with zero attached hydrogens (tertiary/aromatic N) is 1. The summed E-state index contributed by atoms with van der Waals surface area (Å²) in [6.45, 7) is 2.66. The van der Waals surface area contributed by atoms with Crippen molar-refractivity contribution < 1.29 is 37.3 Å². The predicted molar refractivity (Wildman–Crippen MR) is 127 cm³/mol. The van der Waals surface area contributed by atoms with Crippen molar-refractivity contribution in [3.8, 4) is 0 Å². The molecule has 0 saturated carbocycles. The average molecular weight is 481 g/mol. The Labute approximate surface area is 195 Å². The summed E-state index contributed by atoms with van der Waals surface area (Å²) in [5.74, 6) is -0.353. The average Bonchev–Trinajstić information content (AvgIpc) is 2.69. The van der Waals surface area contributed by atoms with Gasteiger partial charge in [0.15, 0.2) is 0 Å². The maximum atomic E-state index is 12.1. The molecule has 0 fully saturated rings. The number of phosphoric acid groups is 1. The van der Waals surface area contributed by atoms with Crippen LogP contribution < -0.4 is 0 Å². The second-order valence-electron chi connectivity index (χ2n) is 9.10. The SMILES string of the molecule is CCCC/C=C/CCCCCCCC(=O)O[C@@H](COC)COP(=O)(O)OCC[N+](C)(C)C. The number of ether oxygens (including phenoxy) is 2. The third-order valence-corrected chi connectivity index (χ3v) is 5.72. The second kappa shape index (κ2) is 18.6. The van der Waals surface area contributed by atoms with Crippen LogP contribution in [-0.2, 0) is 27.9 Å². The molecule has 0 aromatic carbocycles. The molecule has 0 amide bonds. The van der Waals surface area contributed by atoms with Gasteiger partial charge >= 0.3 is 13.8 Å². The Morgan fingerprint density at radius 2 is 1.59 bits per heavy atom. The minimum Gasteiger partial charge on any atom is -0.457 e. The molecule has 0 heterocycles. The molecule has 0 aliphatic carbocycles. The topological polar surface area (TPSA) is 91.3 Å². The Morgan fingerprint density at radius 3 is 2.22 bits per heavy atom. The van der Waals surface area contributed by atoms with Crippen molar-refractivity contribution in [3.05, 3.63) is 12.2 Å². The number of unbranched alkanes of at least 4 members (excludes halogenated alkanes) is 7. The number of allylic oxidation sites excluding steroid dienone is 2. The molecule has 190 valence electrons. The van der Waals surface area contributed by atoms with Crippen LogP contribution in [0.5, 0.6) is 0 Å². The van der Waals surface area contributed by atoms with Gasteiger partial charge in [0.1, 0.15) is 19.3 Å². The fraction of sp³-hybridized carbons (Fsp3) is 0.870. The van der Waals surface area contributed by atoms with E-state index < -0.39 is 13.9 Å². The summed E-state index contributed by atoms with van der Waals surface area (Å²) in [4.78, 5) is 21.9. The van der Waals surface area contributed by atoms with Crippen molar-refractivity contribution in [3.63, 3.8) is 0 Å². The molecule has 1 N–H and O–H groups in total. The summed E-state index contributed by atoms with van der Waals surface area (Å²) >= 11 is 0. The van der Waals surface area contributed by atoms with E-state index in [9.17, 15) is 14.3 Å². The molecule has 0 aliphatic heterocycles. The molecule has 0 radical (unpaired) electrons. The number of esters is 1. The molecule has 2 atom stereocenters. The molecule has 32 heavy (non-hydrogen) atoms. The van der Waals surface area contributed by atoms with E-state index in [0.717, 1.165) is 32.1 Å². The molecule has 1 unspecified atom stereocenters. The summed E-state index contributed by atoms with van der Waals surface area (Å²) in [6, 6.07) is 0. The summed E-state index contributed by atoms with van der Waals surface area (Å²) in [7, 11) is 3.11. The van der Waals surface area contributed by atoms with Gasteiger partial charge in [-0.05, 0) is 25.7 Å². The van der Waals surface area contributed by atoms with Gasteiger partial charge in [0.2, 0.25) is 0 Å². The normalized spacial score (nSPS) is 15.1. The van der Waals surface area contributed by atoms with Gasteiger partial charge in [-0.1, -0.05) is 51.2 Å². The van der Waals surface area contributed by atoms with Crippen LogP contribution in [0.25, 0.3) is 0 Å². The van der Waals surface area contributed by atoms with Gasteiger partial charge in [0, 0.05) is 13.5 Å². The maximum Gasteiger partial charge on any atom is 0.472 e. The van der Waals surface area contributed by atoms with Crippen LogP contribution in [0, 0.1) is 0 Å². The lowest BCUT2D eigenvalue weighted by atomic mass is 10.1. The van der Waals surface area contributed by atoms with E-state index in [4.69, 9.17) is 18.5 Å². The second-order valence-corrected chi connectivity index (χ2v) is 10.6. The molecule has 9 heteroatoms. The highest BCUT2D eigenvalue weighted by atomic mass is 31.2. The molecule has 0 bridgehead atoms. The van der Waals surface area contributed by atoms with E-state index in [-0.39, 0.29) is 25.8 Å². The monoisotopic (exact) mass is 480 g/mol. The van der Waals surface area contributed by atoms with Crippen LogP contribution in [-0.4, -0.2) is 76.1 Å². The zero-order chi connectivity index (χ0) is 24.3. The Balaban J connectivity index is 4.00. The van der Waals surface area contributed by atoms with Gasteiger partial charge in [0.05, 0.1) is 34.4 Å². The van der Waals surface area contributed by atoms with Crippen molar-refractivity contribution in [2.24, 2.45) is 0 Å². The van der Waals surface area contributed by atoms with E-state index in [2.05, 4.69) is 19.1 Å². The fourth-order valence-electron chi connectivity index (χ4n) is 2.81. The first-order chi connectivity index (χ1) is 15.1. The molecule has 0 spiro atoms. The van der Waals surface area contributed by atoms with E-state index in [1.807, 2.05) is 21.1 Å². The van der Waals surface area contributed by atoms with E-state index >= 15 is 0 Å². The van der Waals surface area contributed by atoms with E-state index in [0.29, 0.717) is 17.4 Å². The fourth-order valence-corrected chi connectivity index (χ4v) is 3.55. The molecular weight excluding hydrogens is 433 g/mol. The Kier molecular flexibility index (Phi) is 18.2. The molecular formula is C23H47NO7P+. The third-order valence-electron chi connectivity index (χ3n) is 4.73. The van der Waals surface area contributed by atoms with Crippen LogP contribution in [0.2, 0.25) is 0 Å². The highest BCUT2D eigenvalue weighted by Crippen LogP contribution is 2.43. The first kappa shape index (κ1) is 31.2. The molecule has 0 aliphatic rings. The largest absolute Gasteiger partial charge is 0.472 e. The smallest absolute Gasteiger partial charge is 0.457 e. The van der Waals surface area contributed by atoms with Gasteiger partial charge < -0.3 is 18.9 Å². The Bertz CT molecular complexity index is 549. The highest BCUT2D eigenvalue weighted by Gasteiger charge is 2.26. The van der Waals surface area contributed by atoms with Crippen LogP contribution in [0.1, 0.15) is 71.1 Å². The van der Waals surface area contributed by atoms with Crippen molar-refractivity contribution >= 4 is 13.8 Å². The van der Waals surface area contributed by atoms with Crippen LogP contribution in [0.4, 0.5) is 0 Å². The number of likely N-dealkylation sites (N-methyl/N-ethyl adjacent to an activating group) is 1. The zero-order valence-corrected chi connectivity index (χ0v) is 21.8. The number of hydrogen-bond acceptors (Lipinski definition) is 6. The lowest BCUT2D eigenvalue weighted by Crippen LogP contribution is -2.37. The predicted octanol–water partition coefficient (Wildman–Crippen LogP) is 4.86. The number of methoxy groups -OCH3 is 1. The molecule has 8 nitrogen and oxygen atoms in total. The summed E-state index contributed by atoms with van der Waals surface area (Å²) in [6.07, 6.45) is 14.1. The Morgan fingerprint density at radius 1 is 0.969 bits per heavy atom. The van der Waals surface area contributed by atoms with Crippen molar-refractivity contribution in [1.29, 1.82) is 0 Å². The van der Waals surface area contributed by atoms with Gasteiger partial charge in [-0.3, -0.25) is 13.8 Å². The molecule has 0 aromatic rings. The first-order valence-electron chi connectivity index (χ1n) is 11.9. The third kappa shape index (κ3) is 21.1. The van der Waals surface area contributed by atoms with Crippen molar-refractivity contribution in [1.82, 2.24) is 0 Å².